The molecule has 0 fully saturated rings. The molecule has 0 saturated carbocycles. The first-order chi connectivity index (χ1) is 7.51. The van der Waals surface area contributed by atoms with Gasteiger partial charge >= 0.3 is 13.6 Å². The first-order valence-corrected chi connectivity index (χ1v) is 6.42. The second-order valence-electron chi connectivity index (χ2n) is 2.67. The maximum absolute atomic E-state index is 12.0. The van der Waals surface area contributed by atoms with Gasteiger partial charge in [0.1, 0.15) is 11.9 Å². The van der Waals surface area contributed by atoms with E-state index in [-0.39, 0.29) is 25.1 Å². The van der Waals surface area contributed by atoms with Gasteiger partial charge in [0.15, 0.2) is 0 Å². The summed E-state index contributed by atoms with van der Waals surface area (Å²) in [5.41, 5.74) is 0. The zero-order valence-corrected chi connectivity index (χ0v) is 10.5. The summed E-state index contributed by atoms with van der Waals surface area (Å²) in [6.07, 6.45) is 1.40. The number of hydrogen-bond donors (Lipinski definition) is 0. The number of ether oxygens (including phenoxy) is 1. The van der Waals surface area contributed by atoms with Crippen molar-refractivity contribution in [1.29, 1.82) is 0 Å². The highest BCUT2D eigenvalue weighted by atomic mass is 31.2. The number of carbonyl (C=O) groups excluding carboxylic acids is 1. The van der Waals surface area contributed by atoms with Crippen LogP contribution in [0.2, 0.25) is 0 Å². The van der Waals surface area contributed by atoms with Gasteiger partial charge in [-0.15, -0.1) is 0 Å². The number of hydrogen-bond acceptors (Lipinski definition) is 5. The van der Waals surface area contributed by atoms with Crippen LogP contribution in [0.1, 0.15) is 13.8 Å². The minimum absolute atomic E-state index is 0.0239. The van der Waals surface area contributed by atoms with Crippen LogP contribution in [0.3, 0.4) is 0 Å². The third-order valence-electron chi connectivity index (χ3n) is 1.50. The van der Waals surface area contributed by atoms with Gasteiger partial charge in [0.05, 0.1) is 13.2 Å². The Hall–Kier alpha value is -0.900. The SMILES string of the molecule is C=CCOC(=O)C(=C)P(=O)(OCC)OCC. The monoisotopic (exact) mass is 248 g/mol. The predicted molar refractivity (Wildman–Crippen MR) is 61.2 cm³/mol. The molecule has 0 N–H and O–H groups in total. The molecule has 0 saturated heterocycles. The molecule has 6 heteroatoms. The van der Waals surface area contributed by atoms with Crippen LogP contribution >= 0.6 is 7.60 Å². The van der Waals surface area contributed by atoms with E-state index in [0.29, 0.717) is 0 Å². The average molecular weight is 248 g/mol. The normalized spacial score (nSPS) is 10.9. The topological polar surface area (TPSA) is 61.8 Å². The van der Waals surface area contributed by atoms with E-state index in [9.17, 15) is 9.36 Å². The van der Waals surface area contributed by atoms with Crippen molar-refractivity contribution in [3.8, 4) is 0 Å². The Labute approximate surface area is 95.6 Å². The summed E-state index contributed by atoms with van der Waals surface area (Å²) in [6, 6.07) is 0. The third-order valence-corrected chi connectivity index (χ3v) is 3.54. The molecule has 0 aliphatic heterocycles. The Morgan fingerprint density at radius 1 is 1.31 bits per heavy atom. The van der Waals surface area contributed by atoms with Crippen molar-refractivity contribution >= 4 is 13.6 Å². The summed E-state index contributed by atoms with van der Waals surface area (Å²) in [7, 11) is -3.61. The lowest BCUT2D eigenvalue weighted by molar-refractivity contribution is -0.137. The number of rotatable bonds is 8. The maximum Gasteiger partial charge on any atom is 0.368 e. The van der Waals surface area contributed by atoms with Crippen LogP contribution in [0, 0.1) is 0 Å². The maximum atomic E-state index is 12.0. The molecule has 92 valence electrons. The fourth-order valence-electron chi connectivity index (χ4n) is 0.863. The molecule has 0 radical (unpaired) electrons. The number of esters is 1. The van der Waals surface area contributed by atoms with E-state index in [1.807, 2.05) is 0 Å². The molecule has 0 aliphatic rings. The molecule has 5 nitrogen and oxygen atoms in total. The molecule has 0 spiro atoms. The van der Waals surface area contributed by atoms with Crippen molar-refractivity contribution < 1.29 is 23.1 Å². The van der Waals surface area contributed by atoms with E-state index < -0.39 is 13.6 Å². The van der Waals surface area contributed by atoms with Crippen LogP contribution in [0.15, 0.2) is 24.5 Å². The predicted octanol–water partition coefficient (Wildman–Crippen LogP) is 2.50. The van der Waals surface area contributed by atoms with Gasteiger partial charge in [0.25, 0.3) is 0 Å². The Morgan fingerprint density at radius 2 is 1.81 bits per heavy atom. The van der Waals surface area contributed by atoms with Crippen molar-refractivity contribution in [3.63, 3.8) is 0 Å². The van der Waals surface area contributed by atoms with Gasteiger partial charge in [-0.1, -0.05) is 19.2 Å². The lowest BCUT2D eigenvalue weighted by Gasteiger charge is -2.17. The van der Waals surface area contributed by atoms with Gasteiger partial charge in [-0.05, 0) is 13.8 Å². The fraction of sp³-hybridized carbons (Fsp3) is 0.500. The van der Waals surface area contributed by atoms with Gasteiger partial charge in [-0.2, -0.15) is 0 Å². The standard InChI is InChI=1S/C10H17O5P/c1-5-8-13-10(11)9(4)16(12,14-6-2)15-7-3/h5H,1,4,6-8H2,2-3H3. The highest BCUT2D eigenvalue weighted by Gasteiger charge is 2.33. The van der Waals surface area contributed by atoms with Crippen LogP contribution in [-0.2, 0) is 23.1 Å². The third kappa shape index (κ3) is 4.31. The van der Waals surface area contributed by atoms with Gasteiger partial charge in [-0.3, -0.25) is 4.57 Å². The first kappa shape index (κ1) is 15.1. The largest absolute Gasteiger partial charge is 0.458 e. The average Bonchev–Trinajstić information content (AvgIpc) is 2.25. The Bertz CT molecular complexity index is 300. The van der Waals surface area contributed by atoms with Crippen LogP contribution in [0.4, 0.5) is 0 Å². The summed E-state index contributed by atoms with van der Waals surface area (Å²) >= 11 is 0. The molecule has 0 heterocycles. The molecule has 0 rings (SSSR count). The highest BCUT2D eigenvalue weighted by Crippen LogP contribution is 2.55. The summed E-state index contributed by atoms with van der Waals surface area (Å²) in [4.78, 5) is 11.4. The first-order valence-electron chi connectivity index (χ1n) is 4.88. The molecule has 0 aromatic rings. The zero-order chi connectivity index (χ0) is 12.6. The van der Waals surface area contributed by atoms with Crippen LogP contribution in [0.25, 0.3) is 0 Å². The quantitative estimate of drug-likeness (QED) is 0.286. The summed E-state index contributed by atoms with van der Waals surface area (Å²) < 4.78 is 26.6. The van der Waals surface area contributed by atoms with Gasteiger partial charge in [0.2, 0.25) is 0 Å². The molecule has 16 heavy (non-hydrogen) atoms. The van der Waals surface area contributed by atoms with E-state index in [1.54, 1.807) is 13.8 Å². The molecule has 0 unspecified atom stereocenters. The van der Waals surface area contributed by atoms with Crippen molar-refractivity contribution in [2.75, 3.05) is 19.8 Å². The lowest BCUT2D eigenvalue weighted by atomic mass is 10.6. The van der Waals surface area contributed by atoms with E-state index in [1.165, 1.54) is 6.08 Å². The Kier molecular flexibility index (Phi) is 6.97. The summed E-state index contributed by atoms with van der Waals surface area (Å²) in [5, 5.41) is -0.293. The van der Waals surface area contributed by atoms with Gasteiger partial charge in [0, 0.05) is 0 Å². The smallest absolute Gasteiger partial charge is 0.368 e. The zero-order valence-electron chi connectivity index (χ0n) is 9.60. The molecule has 0 aromatic heterocycles. The van der Waals surface area contributed by atoms with Crippen molar-refractivity contribution in [3.05, 3.63) is 24.5 Å². The van der Waals surface area contributed by atoms with Crippen molar-refractivity contribution in [1.82, 2.24) is 0 Å². The summed E-state index contributed by atoms with van der Waals surface area (Å²) in [5.74, 6) is -0.801. The minimum atomic E-state index is -3.61. The van der Waals surface area contributed by atoms with E-state index in [4.69, 9.17) is 13.8 Å². The molecule has 0 amide bonds. The molecule has 0 aliphatic carbocycles. The Balaban J connectivity index is 4.67. The Morgan fingerprint density at radius 3 is 2.19 bits per heavy atom. The molecule has 0 atom stereocenters. The minimum Gasteiger partial charge on any atom is -0.458 e. The summed E-state index contributed by atoms with van der Waals surface area (Å²) in [6.45, 7) is 10.4. The lowest BCUT2D eigenvalue weighted by Crippen LogP contribution is -2.10. The molecule has 0 aromatic carbocycles. The molecule has 0 bridgehead atoms. The van der Waals surface area contributed by atoms with Crippen molar-refractivity contribution in [2.45, 2.75) is 13.8 Å². The van der Waals surface area contributed by atoms with E-state index in [2.05, 4.69) is 13.2 Å². The second-order valence-corrected chi connectivity index (χ2v) is 4.72. The van der Waals surface area contributed by atoms with E-state index >= 15 is 0 Å². The fourth-order valence-corrected chi connectivity index (χ4v) is 2.22. The van der Waals surface area contributed by atoms with Crippen LogP contribution in [-0.4, -0.2) is 25.8 Å². The number of carbonyl (C=O) groups is 1. The van der Waals surface area contributed by atoms with Crippen LogP contribution in [0.5, 0.6) is 0 Å². The van der Waals surface area contributed by atoms with Gasteiger partial charge < -0.3 is 13.8 Å². The second kappa shape index (κ2) is 7.39. The molecular formula is C10H17O5P. The van der Waals surface area contributed by atoms with E-state index in [0.717, 1.165) is 0 Å². The van der Waals surface area contributed by atoms with Gasteiger partial charge in [-0.25, -0.2) is 4.79 Å². The van der Waals surface area contributed by atoms with Crippen molar-refractivity contribution in [2.24, 2.45) is 0 Å². The highest BCUT2D eigenvalue weighted by molar-refractivity contribution is 7.59. The van der Waals surface area contributed by atoms with Crippen LogP contribution < -0.4 is 0 Å². The molecular weight excluding hydrogens is 231 g/mol.